The van der Waals surface area contributed by atoms with Crippen molar-refractivity contribution in [3.63, 3.8) is 0 Å². The molecule has 0 saturated carbocycles. The molecule has 178 valence electrons. The van der Waals surface area contributed by atoms with Gasteiger partial charge in [-0.05, 0) is 70.1 Å². The molecule has 1 amide bonds. The molecule has 2 aliphatic rings. The van der Waals surface area contributed by atoms with E-state index in [1.165, 1.54) is 15.6 Å². The summed E-state index contributed by atoms with van der Waals surface area (Å²) in [4.78, 5) is 27.4. The highest BCUT2D eigenvalue weighted by Crippen LogP contribution is 2.39. The van der Waals surface area contributed by atoms with E-state index in [0.717, 1.165) is 48.1 Å². The largest absolute Gasteiger partial charge is 0.462 e. The summed E-state index contributed by atoms with van der Waals surface area (Å²) in [5.41, 5.74) is 2.37. The SMILES string of the molecule is CCOC(=O)c1c(NC(=O)[C@@H]2CCCCN2S(=O)(=O)c2ccc(C)cc2)sc2c1CCCC2. The number of nitrogens with one attached hydrogen (secondary N) is 1. The Morgan fingerprint density at radius 1 is 1.12 bits per heavy atom. The van der Waals surface area contributed by atoms with Gasteiger partial charge in [-0.2, -0.15) is 4.31 Å². The first kappa shape index (κ1) is 23.9. The van der Waals surface area contributed by atoms with Crippen LogP contribution < -0.4 is 5.32 Å². The van der Waals surface area contributed by atoms with Gasteiger partial charge in [-0.25, -0.2) is 13.2 Å². The molecule has 2 heterocycles. The van der Waals surface area contributed by atoms with Crippen molar-refractivity contribution in [2.24, 2.45) is 0 Å². The lowest BCUT2D eigenvalue weighted by Crippen LogP contribution is -2.49. The molecule has 1 aliphatic carbocycles. The van der Waals surface area contributed by atoms with E-state index >= 15 is 0 Å². The third-order valence-electron chi connectivity index (χ3n) is 6.27. The molecular formula is C24H30N2O5S2. The second-order valence-electron chi connectivity index (χ2n) is 8.57. The van der Waals surface area contributed by atoms with Crippen LogP contribution in [0.15, 0.2) is 29.2 Å². The maximum atomic E-state index is 13.4. The van der Waals surface area contributed by atoms with Crippen LogP contribution in [0.3, 0.4) is 0 Å². The number of aryl methyl sites for hydroxylation is 2. The number of benzene rings is 1. The number of esters is 1. The zero-order valence-corrected chi connectivity index (χ0v) is 20.7. The minimum absolute atomic E-state index is 0.187. The summed E-state index contributed by atoms with van der Waals surface area (Å²) in [5.74, 6) is -0.825. The fraction of sp³-hybridized carbons (Fsp3) is 0.500. The van der Waals surface area contributed by atoms with Gasteiger partial charge in [0.2, 0.25) is 15.9 Å². The highest BCUT2D eigenvalue weighted by Gasteiger charge is 2.38. The lowest BCUT2D eigenvalue weighted by Gasteiger charge is -2.33. The van der Waals surface area contributed by atoms with Gasteiger partial charge >= 0.3 is 5.97 Å². The second-order valence-corrected chi connectivity index (χ2v) is 11.6. The molecular weight excluding hydrogens is 460 g/mol. The van der Waals surface area contributed by atoms with Crippen molar-refractivity contribution in [3.8, 4) is 0 Å². The summed E-state index contributed by atoms with van der Waals surface area (Å²) in [5, 5.41) is 3.39. The zero-order valence-electron chi connectivity index (χ0n) is 19.1. The number of hydrogen-bond donors (Lipinski definition) is 1. The third kappa shape index (κ3) is 4.85. The molecule has 0 radical (unpaired) electrons. The fourth-order valence-electron chi connectivity index (χ4n) is 4.57. The van der Waals surface area contributed by atoms with E-state index in [0.29, 0.717) is 30.0 Å². The maximum absolute atomic E-state index is 13.4. The van der Waals surface area contributed by atoms with Gasteiger partial charge in [-0.3, -0.25) is 4.79 Å². The Kier molecular flexibility index (Phi) is 7.21. The first-order valence-corrected chi connectivity index (χ1v) is 13.8. The first-order chi connectivity index (χ1) is 15.8. The number of carbonyl (C=O) groups excluding carboxylic acids is 2. The van der Waals surface area contributed by atoms with Gasteiger partial charge in [0.15, 0.2) is 0 Å². The third-order valence-corrected chi connectivity index (χ3v) is 9.40. The molecule has 1 N–H and O–H groups in total. The molecule has 1 atom stereocenters. The van der Waals surface area contributed by atoms with Crippen LogP contribution in [0.4, 0.5) is 5.00 Å². The van der Waals surface area contributed by atoms with E-state index in [-0.39, 0.29) is 11.5 Å². The Morgan fingerprint density at radius 2 is 1.85 bits per heavy atom. The fourth-order valence-corrected chi connectivity index (χ4v) is 7.51. The standard InChI is InChI=1S/C24H30N2O5S2/c1-3-31-24(28)21-18-8-4-5-10-20(18)32-23(21)25-22(27)19-9-6-7-15-26(19)33(29,30)17-13-11-16(2)12-14-17/h11-14,19H,3-10,15H2,1-2H3,(H,25,27)/t19-/m0/s1. The summed E-state index contributed by atoms with van der Waals surface area (Å²) in [7, 11) is -3.82. The van der Waals surface area contributed by atoms with Crippen molar-refractivity contribution >= 4 is 38.2 Å². The van der Waals surface area contributed by atoms with Gasteiger partial charge in [-0.15, -0.1) is 11.3 Å². The number of amides is 1. The molecule has 1 saturated heterocycles. The highest BCUT2D eigenvalue weighted by atomic mass is 32.2. The molecule has 33 heavy (non-hydrogen) atoms. The number of fused-ring (bicyclic) bond motifs is 1. The molecule has 2 aromatic rings. The van der Waals surface area contributed by atoms with Crippen LogP contribution in [0.1, 0.15) is 65.4 Å². The summed E-state index contributed by atoms with van der Waals surface area (Å²) in [6.45, 7) is 4.20. The second kappa shape index (κ2) is 9.95. The Bertz CT molecular complexity index is 1140. The Morgan fingerprint density at radius 3 is 2.58 bits per heavy atom. The molecule has 1 aromatic carbocycles. The lowest BCUT2D eigenvalue weighted by molar-refractivity contribution is -0.120. The molecule has 9 heteroatoms. The van der Waals surface area contributed by atoms with E-state index in [9.17, 15) is 18.0 Å². The predicted octanol–water partition coefficient (Wildman–Crippen LogP) is 4.29. The molecule has 1 aromatic heterocycles. The Labute approximate surface area is 199 Å². The number of rotatable bonds is 6. The number of ether oxygens (including phenoxy) is 1. The van der Waals surface area contributed by atoms with Crippen LogP contribution in [0.5, 0.6) is 0 Å². The van der Waals surface area contributed by atoms with Crippen molar-refractivity contribution < 1.29 is 22.7 Å². The number of piperidine rings is 1. The molecule has 1 fully saturated rings. The minimum atomic E-state index is -3.82. The molecule has 0 bridgehead atoms. The summed E-state index contributed by atoms with van der Waals surface area (Å²) < 4.78 is 33.3. The molecule has 0 spiro atoms. The molecule has 0 unspecified atom stereocenters. The number of carbonyl (C=O) groups is 2. The van der Waals surface area contributed by atoms with E-state index in [2.05, 4.69) is 5.32 Å². The van der Waals surface area contributed by atoms with Crippen LogP contribution in [-0.4, -0.2) is 43.8 Å². The first-order valence-electron chi connectivity index (χ1n) is 11.5. The molecule has 1 aliphatic heterocycles. The van der Waals surface area contributed by atoms with Crippen molar-refractivity contribution in [1.82, 2.24) is 4.31 Å². The zero-order chi connectivity index (χ0) is 23.6. The normalized spacial score (nSPS) is 19.0. The van der Waals surface area contributed by atoms with Gasteiger partial charge in [0.25, 0.3) is 0 Å². The van der Waals surface area contributed by atoms with E-state index in [1.54, 1.807) is 31.2 Å². The molecule has 7 nitrogen and oxygen atoms in total. The Balaban J connectivity index is 1.63. The van der Waals surface area contributed by atoms with Gasteiger partial charge < -0.3 is 10.1 Å². The number of nitrogens with zero attached hydrogens (tertiary/aromatic N) is 1. The van der Waals surface area contributed by atoms with Gasteiger partial charge in [0.05, 0.1) is 17.1 Å². The number of anilines is 1. The van der Waals surface area contributed by atoms with Crippen LogP contribution in [0.2, 0.25) is 0 Å². The smallest absolute Gasteiger partial charge is 0.341 e. The summed E-state index contributed by atoms with van der Waals surface area (Å²) in [6, 6.07) is 5.86. The monoisotopic (exact) mass is 490 g/mol. The van der Waals surface area contributed by atoms with Crippen LogP contribution in [0.25, 0.3) is 0 Å². The number of sulfonamides is 1. The van der Waals surface area contributed by atoms with Crippen molar-refractivity contribution in [2.75, 3.05) is 18.5 Å². The van der Waals surface area contributed by atoms with Crippen molar-refractivity contribution in [3.05, 3.63) is 45.8 Å². The van der Waals surface area contributed by atoms with E-state index < -0.39 is 27.9 Å². The molecule has 4 rings (SSSR count). The quantitative estimate of drug-likeness (QED) is 0.610. The summed E-state index contributed by atoms with van der Waals surface area (Å²) >= 11 is 1.41. The van der Waals surface area contributed by atoms with Gasteiger partial charge in [-0.1, -0.05) is 24.1 Å². The van der Waals surface area contributed by atoms with E-state index in [1.807, 2.05) is 6.92 Å². The van der Waals surface area contributed by atoms with Crippen molar-refractivity contribution in [2.45, 2.75) is 69.7 Å². The van der Waals surface area contributed by atoms with Crippen LogP contribution in [0, 0.1) is 6.92 Å². The average Bonchev–Trinajstić information content (AvgIpc) is 3.17. The highest BCUT2D eigenvalue weighted by molar-refractivity contribution is 7.89. The Hall–Kier alpha value is -2.23. The minimum Gasteiger partial charge on any atom is -0.462 e. The van der Waals surface area contributed by atoms with Gasteiger partial charge in [0, 0.05) is 11.4 Å². The van der Waals surface area contributed by atoms with Crippen molar-refractivity contribution in [1.29, 1.82) is 0 Å². The average molecular weight is 491 g/mol. The lowest BCUT2D eigenvalue weighted by atomic mass is 9.95. The number of hydrogen-bond acceptors (Lipinski definition) is 6. The topological polar surface area (TPSA) is 92.8 Å². The van der Waals surface area contributed by atoms with Gasteiger partial charge in [0.1, 0.15) is 11.0 Å². The number of thiophene rings is 1. The van der Waals surface area contributed by atoms with Crippen LogP contribution >= 0.6 is 11.3 Å². The maximum Gasteiger partial charge on any atom is 0.341 e. The predicted molar refractivity (Wildman–Crippen MR) is 128 cm³/mol. The van der Waals surface area contributed by atoms with E-state index in [4.69, 9.17) is 4.74 Å². The summed E-state index contributed by atoms with van der Waals surface area (Å²) in [6.07, 6.45) is 5.62. The van der Waals surface area contributed by atoms with Crippen LogP contribution in [-0.2, 0) is 32.4 Å².